The highest BCUT2D eigenvalue weighted by Gasteiger charge is 2.07. The van der Waals surface area contributed by atoms with Crippen molar-refractivity contribution in [1.29, 1.82) is 0 Å². The standard InChI is InChI=1S/C15H11NO2/c17-14-10-11-6-4-5-9-13(11)16-15(14)18-12-7-2-1-3-8-12/h1-10,17H. The van der Waals surface area contributed by atoms with Crippen LogP contribution < -0.4 is 4.74 Å². The van der Waals surface area contributed by atoms with Crippen LogP contribution in [0.15, 0.2) is 60.7 Å². The normalized spacial score (nSPS) is 10.4. The van der Waals surface area contributed by atoms with Gasteiger partial charge in [-0.1, -0.05) is 36.4 Å². The van der Waals surface area contributed by atoms with Crippen molar-refractivity contribution in [1.82, 2.24) is 4.98 Å². The summed E-state index contributed by atoms with van der Waals surface area (Å²) >= 11 is 0. The molecule has 0 fully saturated rings. The molecule has 1 N–H and O–H groups in total. The van der Waals surface area contributed by atoms with Crippen LogP contribution in [0.2, 0.25) is 0 Å². The molecule has 2 aromatic carbocycles. The summed E-state index contributed by atoms with van der Waals surface area (Å²) in [6.07, 6.45) is 0. The van der Waals surface area contributed by atoms with Crippen LogP contribution in [0, 0.1) is 0 Å². The van der Waals surface area contributed by atoms with Crippen LogP contribution in [0.25, 0.3) is 10.9 Å². The number of fused-ring (bicyclic) bond motifs is 1. The number of rotatable bonds is 2. The monoisotopic (exact) mass is 237 g/mol. The Labute approximate surface area is 104 Å². The maximum Gasteiger partial charge on any atom is 0.262 e. The maximum atomic E-state index is 9.88. The van der Waals surface area contributed by atoms with Crippen LogP contribution in [0.4, 0.5) is 0 Å². The van der Waals surface area contributed by atoms with Crippen molar-refractivity contribution in [3.05, 3.63) is 60.7 Å². The summed E-state index contributed by atoms with van der Waals surface area (Å²) in [4.78, 5) is 4.30. The molecule has 0 spiro atoms. The fourth-order valence-electron chi connectivity index (χ4n) is 1.76. The zero-order valence-electron chi connectivity index (χ0n) is 9.58. The van der Waals surface area contributed by atoms with Gasteiger partial charge in [-0.25, -0.2) is 4.98 Å². The Morgan fingerprint density at radius 1 is 0.889 bits per heavy atom. The predicted molar refractivity (Wildman–Crippen MR) is 69.9 cm³/mol. The van der Waals surface area contributed by atoms with E-state index in [1.165, 1.54) is 0 Å². The van der Waals surface area contributed by atoms with Crippen molar-refractivity contribution in [3.63, 3.8) is 0 Å². The molecule has 0 aliphatic heterocycles. The zero-order chi connectivity index (χ0) is 12.4. The maximum absolute atomic E-state index is 9.88. The summed E-state index contributed by atoms with van der Waals surface area (Å²) in [6.45, 7) is 0. The van der Waals surface area contributed by atoms with E-state index in [2.05, 4.69) is 4.98 Å². The lowest BCUT2D eigenvalue weighted by Gasteiger charge is -2.07. The third-order valence-electron chi connectivity index (χ3n) is 2.63. The Morgan fingerprint density at radius 2 is 1.61 bits per heavy atom. The van der Waals surface area contributed by atoms with E-state index in [-0.39, 0.29) is 11.6 Å². The summed E-state index contributed by atoms with van der Waals surface area (Å²) < 4.78 is 5.56. The van der Waals surface area contributed by atoms with Crippen LogP contribution >= 0.6 is 0 Å². The van der Waals surface area contributed by atoms with Crippen LogP contribution in [0.3, 0.4) is 0 Å². The SMILES string of the molecule is Oc1cc2ccccc2nc1Oc1ccccc1. The molecule has 3 aromatic rings. The summed E-state index contributed by atoms with van der Waals surface area (Å²) in [7, 11) is 0. The third-order valence-corrected chi connectivity index (χ3v) is 2.63. The largest absolute Gasteiger partial charge is 0.503 e. The second kappa shape index (κ2) is 4.37. The molecule has 0 aliphatic rings. The van der Waals surface area contributed by atoms with E-state index in [4.69, 9.17) is 4.74 Å². The molecule has 0 radical (unpaired) electrons. The first-order valence-corrected chi connectivity index (χ1v) is 5.64. The van der Waals surface area contributed by atoms with Gasteiger partial charge in [0.25, 0.3) is 5.88 Å². The number of ether oxygens (including phenoxy) is 1. The predicted octanol–water partition coefficient (Wildman–Crippen LogP) is 3.73. The minimum atomic E-state index is 0.0394. The number of para-hydroxylation sites is 2. The van der Waals surface area contributed by atoms with Gasteiger partial charge in [0.05, 0.1) is 5.52 Å². The fourth-order valence-corrected chi connectivity index (χ4v) is 1.76. The molecule has 3 heteroatoms. The van der Waals surface area contributed by atoms with Gasteiger partial charge in [0.1, 0.15) is 5.75 Å². The van der Waals surface area contributed by atoms with Crippen LogP contribution in [0.5, 0.6) is 17.4 Å². The van der Waals surface area contributed by atoms with E-state index in [0.717, 1.165) is 10.9 Å². The molecule has 1 aromatic heterocycles. The molecular weight excluding hydrogens is 226 g/mol. The number of hydrogen-bond acceptors (Lipinski definition) is 3. The molecule has 1 heterocycles. The number of benzene rings is 2. The van der Waals surface area contributed by atoms with Crippen molar-refractivity contribution in [3.8, 4) is 17.4 Å². The van der Waals surface area contributed by atoms with Crippen molar-refractivity contribution >= 4 is 10.9 Å². The number of nitrogens with zero attached hydrogens (tertiary/aromatic N) is 1. The number of aromatic hydroxyl groups is 1. The van der Waals surface area contributed by atoms with Gasteiger partial charge in [-0.15, -0.1) is 0 Å². The van der Waals surface area contributed by atoms with E-state index in [1.54, 1.807) is 6.07 Å². The van der Waals surface area contributed by atoms with Gasteiger partial charge in [-0.3, -0.25) is 0 Å². The Balaban J connectivity index is 2.04. The fraction of sp³-hybridized carbons (Fsp3) is 0. The lowest BCUT2D eigenvalue weighted by Crippen LogP contribution is -1.89. The van der Waals surface area contributed by atoms with Gasteiger partial charge in [0.2, 0.25) is 0 Å². The first kappa shape index (κ1) is 10.6. The van der Waals surface area contributed by atoms with Crippen molar-refractivity contribution in [2.75, 3.05) is 0 Å². The highest BCUT2D eigenvalue weighted by Crippen LogP contribution is 2.31. The van der Waals surface area contributed by atoms with Gasteiger partial charge < -0.3 is 9.84 Å². The first-order chi connectivity index (χ1) is 8.83. The molecule has 0 saturated heterocycles. The Kier molecular flexibility index (Phi) is 2.57. The highest BCUT2D eigenvalue weighted by atomic mass is 16.5. The molecule has 0 atom stereocenters. The highest BCUT2D eigenvalue weighted by molar-refractivity contribution is 5.80. The molecule has 0 aliphatic carbocycles. The van der Waals surface area contributed by atoms with Crippen molar-refractivity contribution < 1.29 is 9.84 Å². The minimum absolute atomic E-state index is 0.0394. The summed E-state index contributed by atoms with van der Waals surface area (Å²) in [5, 5.41) is 10.8. The number of hydrogen-bond donors (Lipinski definition) is 1. The second-order valence-electron chi connectivity index (χ2n) is 3.92. The molecule has 88 valence electrons. The minimum Gasteiger partial charge on any atom is -0.503 e. The summed E-state index contributed by atoms with van der Waals surface area (Å²) in [6, 6.07) is 18.5. The van der Waals surface area contributed by atoms with Gasteiger partial charge in [-0.05, 0) is 24.3 Å². The lowest BCUT2D eigenvalue weighted by atomic mass is 10.2. The smallest absolute Gasteiger partial charge is 0.262 e. The lowest BCUT2D eigenvalue weighted by molar-refractivity contribution is 0.400. The van der Waals surface area contributed by atoms with E-state index in [0.29, 0.717) is 5.75 Å². The van der Waals surface area contributed by atoms with Gasteiger partial charge in [-0.2, -0.15) is 0 Å². The van der Waals surface area contributed by atoms with Crippen LogP contribution in [0.1, 0.15) is 0 Å². The zero-order valence-corrected chi connectivity index (χ0v) is 9.58. The molecule has 3 nitrogen and oxygen atoms in total. The Hall–Kier alpha value is -2.55. The van der Waals surface area contributed by atoms with Crippen molar-refractivity contribution in [2.45, 2.75) is 0 Å². The molecule has 0 saturated carbocycles. The second-order valence-corrected chi connectivity index (χ2v) is 3.92. The van der Waals surface area contributed by atoms with Crippen LogP contribution in [-0.2, 0) is 0 Å². The van der Waals surface area contributed by atoms with E-state index in [9.17, 15) is 5.11 Å². The van der Waals surface area contributed by atoms with E-state index >= 15 is 0 Å². The first-order valence-electron chi connectivity index (χ1n) is 5.64. The number of aromatic nitrogens is 1. The average Bonchev–Trinajstić information content (AvgIpc) is 2.41. The molecule has 18 heavy (non-hydrogen) atoms. The topological polar surface area (TPSA) is 42.4 Å². The summed E-state index contributed by atoms with van der Waals surface area (Å²) in [5.41, 5.74) is 0.793. The number of pyridine rings is 1. The molecule has 0 amide bonds. The van der Waals surface area contributed by atoms with Gasteiger partial charge in [0, 0.05) is 5.39 Å². The van der Waals surface area contributed by atoms with Gasteiger partial charge in [0.15, 0.2) is 5.75 Å². The average molecular weight is 237 g/mol. The Bertz CT molecular complexity index is 680. The van der Waals surface area contributed by atoms with E-state index < -0.39 is 0 Å². The van der Waals surface area contributed by atoms with Gasteiger partial charge >= 0.3 is 0 Å². The molecular formula is C15H11NO2. The molecule has 0 unspecified atom stereocenters. The third kappa shape index (κ3) is 1.98. The molecule has 3 rings (SSSR count). The quantitative estimate of drug-likeness (QED) is 0.738. The molecule has 0 bridgehead atoms. The van der Waals surface area contributed by atoms with Crippen LogP contribution in [-0.4, -0.2) is 10.1 Å². The van der Waals surface area contributed by atoms with E-state index in [1.807, 2.05) is 54.6 Å². The Morgan fingerprint density at radius 3 is 2.44 bits per heavy atom. The summed E-state index contributed by atoms with van der Waals surface area (Å²) in [5.74, 6) is 0.910. The van der Waals surface area contributed by atoms with Crippen molar-refractivity contribution in [2.24, 2.45) is 0 Å².